The molecule has 2 unspecified atom stereocenters. The molecule has 4 saturated carbocycles. The van der Waals surface area contributed by atoms with E-state index in [1.165, 1.54) is 44.1 Å². The average molecular weight is 392 g/mol. The summed E-state index contributed by atoms with van der Waals surface area (Å²) in [6, 6.07) is 6.50. The van der Waals surface area contributed by atoms with E-state index >= 15 is 0 Å². The maximum absolute atomic E-state index is 5.63. The lowest BCUT2D eigenvalue weighted by molar-refractivity contribution is -0.118. The molecule has 1 aromatic carbocycles. The van der Waals surface area contributed by atoms with Crippen LogP contribution in [0.3, 0.4) is 0 Å². The largest absolute Gasteiger partial charge is 0.493 e. The molecule has 0 heterocycles. The molecule has 3 heteroatoms. The van der Waals surface area contributed by atoms with E-state index in [0.717, 1.165) is 22.7 Å². The van der Waals surface area contributed by atoms with Crippen molar-refractivity contribution in [2.24, 2.45) is 16.7 Å². The van der Waals surface area contributed by atoms with E-state index in [1.54, 1.807) is 0 Å². The van der Waals surface area contributed by atoms with Gasteiger partial charge in [-0.15, -0.1) is 0 Å². The number of rotatable bonds is 5. The van der Waals surface area contributed by atoms with E-state index in [2.05, 4.69) is 53.3 Å². The van der Waals surface area contributed by atoms with Crippen molar-refractivity contribution in [3.63, 3.8) is 0 Å². The molecule has 4 aliphatic rings. The normalized spacial score (nSPS) is 40.1. The first-order chi connectivity index (χ1) is 11.3. The quantitative estimate of drug-likeness (QED) is 0.696. The van der Waals surface area contributed by atoms with Crippen LogP contribution in [-0.2, 0) is 6.54 Å². The summed E-state index contributed by atoms with van der Waals surface area (Å²) in [5, 5.41) is 4.01. The SMILES string of the molecule is CCOc1ccc(CNC23CC4C[C@@](C)(C2)C[C@](C)(C4)C3)cc1Br. The Hall–Kier alpha value is -0.540. The molecule has 1 aromatic rings. The van der Waals surface area contributed by atoms with Crippen LogP contribution in [0.25, 0.3) is 0 Å². The highest BCUT2D eigenvalue weighted by Crippen LogP contribution is 2.66. The Balaban J connectivity index is 1.49. The molecule has 0 amide bonds. The Morgan fingerprint density at radius 2 is 1.83 bits per heavy atom. The van der Waals surface area contributed by atoms with Crippen molar-refractivity contribution in [1.82, 2.24) is 5.32 Å². The van der Waals surface area contributed by atoms with E-state index in [4.69, 9.17) is 4.74 Å². The first-order valence-electron chi connectivity index (χ1n) is 9.49. The number of hydrogen-bond donors (Lipinski definition) is 1. The van der Waals surface area contributed by atoms with Crippen molar-refractivity contribution in [1.29, 1.82) is 0 Å². The van der Waals surface area contributed by atoms with Crippen LogP contribution in [-0.4, -0.2) is 12.1 Å². The fraction of sp³-hybridized carbons (Fsp3) is 0.714. The summed E-state index contributed by atoms with van der Waals surface area (Å²) in [5.74, 6) is 1.88. The highest BCUT2D eigenvalue weighted by Gasteiger charge is 2.59. The first-order valence-corrected chi connectivity index (χ1v) is 10.3. The van der Waals surface area contributed by atoms with Crippen molar-refractivity contribution in [3.8, 4) is 5.75 Å². The fourth-order valence-corrected chi connectivity index (χ4v) is 7.40. The molecule has 5 rings (SSSR count). The summed E-state index contributed by atoms with van der Waals surface area (Å²) in [4.78, 5) is 0. The number of ether oxygens (including phenoxy) is 1. The van der Waals surface area contributed by atoms with E-state index in [-0.39, 0.29) is 0 Å². The molecule has 4 bridgehead atoms. The lowest BCUT2D eigenvalue weighted by Gasteiger charge is -2.65. The summed E-state index contributed by atoms with van der Waals surface area (Å²) in [6.45, 7) is 8.77. The van der Waals surface area contributed by atoms with E-state index in [9.17, 15) is 0 Å². The van der Waals surface area contributed by atoms with Crippen molar-refractivity contribution < 1.29 is 4.74 Å². The van der Waals surface area contributed by atoms with Crippen molar-refractivity contribution in [2.45, 2.75) is 71.4 Å². The van der Waals surface area contributed by atoms with Gasteiger partial charge in [0.25, 0.3) is 0 Å². The zero-order valence-electron chi connectivity index (χ0n) is 15.3. The van der Waals surface area contributed by atoms with Crippen LogP contribution < -0.4 is 10.1 Å². The Morgan fingerprint density at radius 3 is 2.42 bits per heavy atom. The van der Waals surface area contributed by atoms with Crippen LogP contribution in [0.1, 0.15) is 64.9 Å². The van der Waals surface area contributed by atoms with Gasteiger partial charge in [-0.1, -0.05) is 19.9 Å². The van der Waals surface area contributed by atoms with Crippen LogP contribution in [0.15, 0.2) is 22.7 Å². The number of benzene rings is 1. The van der Waals surface area contributed by atoms with E-state index in [1.807, 2.05) is 6.92 Å². The maximum atomic E-state index is 5.63. The van der Waals surface area contributed by atoms with Gasteiger partial charge in [0.2, 0.25) is 0 Å². The Bertz CT molecular complexity index is 625. The van der Waals surface area contributed by atoms with Crippen LogP contribution >= 0.6 is 15.9 Å². The monoisotopic (exact) mass is 391 g/mol. The van der Waals surface area contributed by atoms with Gasteiger partial charge in [-0.25, -0.2) is 0 Å². The molecule has 0 aliphatic heterocycles. The molecule has 0 saturated heterocycles. The molecular formula is C21H30BrNO. The smallest absolute Gasteiger partial charge is 0.133 e. The second-order valence-corrected chi connectivity index (χ2v) is 10.3. The summed E-state index contributed by atoms with van der Waals surface area (Å²) in [5.41, 5.74) is 2.85. The number of halogens is 1. The van der Waals surface area contributed by atoms with Crippen LogP contribution in [0.2, 0.25) is 0 Å². The molecule has 4 fully saturated rings. The topological polar surface area (TPSA) is 21.3 Å². The van der Waals surface area contributed by atoms with Crippen LogP contribution in [0.4, 0.5) is 0 Å². The lowest BCUT2D eigenvalue weighted by Crippen LogP contribution is -2.63. The molecule has 132 valence electrons. The Labute approximate surface area is 154 Å². The molecule has 4 atom stereocenters. The van der Waals surface area contributed by atoms with Gasteiger partial charge in [0.05, 0.1) is 11.1 Å². The predicted molar refractivity (Wildman–Crippen MR) is 102 cm³/mol. The average Bonchev–Trinajstić information content (AvgIpc) is 2.44. The standard InChI is InChI=1S/C21H30BrNO/c1-4-24-18-6-5-15(7-17(18)22)11-23-21-10-16-8-19(2,13-21)12-20(3,9-16)14-21/h5-7,16,23H,4,8-14H2,1-3H3/t16?,19-,20+,21?. The molecule has 1 N–H and O–H groups in total. The molecular weight excluding hydrogens is 362 g/mol. The van der Waals surface area contributed by atoms with Gasteiger partial charge in [-0.3, -0.25) is 0 Å². The van der Waals surface area contributed by atoms with Crippen LogP contribution in [0.5, 0.6) is 5.75 Å². The number of nitrogens with one attached hydrogen (secondary N) is 1. The minimum atomic E-state index is 0.369. The second-order valence-electron chi connectivity index (χ2n) is 9.46. The van der Waals surface area contributed by atoms with Gasteiger partial charge < -0.3 is 10.1 Å². The highest BCUT2D eigenvalue weighted by molar-refractivity contribution is 9.10. The van der Waals surface area contributed by atoms with Crippen molar-refractivity contribution in [2.75, 3.05) is 6.61 Å². The minimum Gasteiger partial charge on any atom is -0.493 e. The molecule has 24 heavy (non-hydrogen) atoms. The Kier molecular flexibility index (Phi) is 4.04. The molecule has 0 aromatic heterocycles. The van der Waals surface area contributed by atoms with Gasteiger partial charge in [0.1, 0.15) is 5.75 Å². The maximum Gasteiger partial charge on any atom is 0.133 e. The molecule has 2 nitrogen and oxygen atoms in total. The zero-order valence-corrected chi connectivity index (χ0v) is 16.8. The third-order valence-electron chi connectivity index (χ3n) is 6.59. The van der Waals surface area contributed by atoms with Crippen LogP contribution in [0, 0.1) is 16.7 Å². The van der Waals surface area contributed by atoms with E-state index in [0.29, 0.717) is 23.0 Å². The van der Waals surface area contributed by atoms with Gasteiger partial charge >= 0.3 is 0 Å². The zero-order chi connectivity index (χ0) is 17.0. The van der Waals surface area contributed by atoms with Gasteiger partial charge in [0.15, 0.2) is 0 Å². The second kappa shape index (κ2) is 5.74. The summed E-state index contributed by atoms with van der Waals surface area (Å²) < 4.78 is 6.69. The summed E-state index contributed by atoms with van der Waals surface area (Å²) in [6.07, 6.45) is 8.47. The Morgan fingerprint density at radius 1 is 1.12 bits per heavy atom. The van der Waals surface area contributed by atoms with Gasteiger partial charge in [0, 0.05) is 12.1 Å². The third kappa shape index (κ3) is 3.03. The molecule has 0 radical (unpaired) electrons. The van der Waals surface area contributed by atoms with Crippen molar-refractivity contribution >= 4 is 15.9 Å². The predicted octanol–water partition coefficient (Wildman–Crippen LogP) is 5.69. The van der Waals surface area contributed by atoms with Gasteiger partial charge in [-0.2, -0.15) is 0 Å². The highest BCUT2D eigenvalue weighted by atomic mass is 79.9. The minimum absolute atomic E-state index is 0.369. The van der Waals surface area contributed by atoms with E-state index < -0.39 is 0 Å². The third-order valence-corrected chi connectivity index (χ3v) is 7.21. The fourth-order valence-electron chi connectivity index (χ4n) is 6.86. The first kappa shape index (κ1) is 16.9. The molecule has 0 spiro atoms. The van der Waals surface area contributed by atoms with Gasteiger partial charge in [-0.05, 0) is 95.8 Å². The lowest BCUT2D eigenvalue weighted by atomic mass is 9.43. The van der Waals surface area contributed by atoms with Crippen molar-refractivity contribution in [3.05, 3.63) is 28.2 Å². The number of hydrogen-bond acceptors (Lipinski definition) is 2. The summed E-state index contributed by atoms with van der Waals surface area (Å²) >= 11 is 3.65. The summed E-state index contributed by atoms with van der Waals surface area (Å²) in [7, 11) is 0. The molecule has 4 aliphatic carbocycles.